The number of nitrogens with zero attached hydrogens (tertiary/aromatic N) is 2. The molecule has 1 atom stereocenters. The number of likely N-dealkylation sites (N-methyl/N-ethyl adjacent to an activating group) is 1. The number of benzene rings is 2. The van der Waals surface area contributed by atoms with Crippen molar-refractivity contribution in [3.05, 3.63) is 73.8 Å². The van der Waals surface area contributed by atoms with Gasteiger partial charge < -0.3 is 10.2 Å². The van der Waals surface area contributed by atoms with Crippen LogP contribution in [-0.4, -0.2) is 34.7 Å². The van der Waals surface area contributed by atoms with E-state index in [1.807, 2.05) is 26.0 Å². The molecule has 0 heterocycles. The van der Waals surface area contributed by atoms with Crippen molar-refractivity contribution in [1.82, 2.24) is 10.2 Å². The molecule has 0 aliphatic heterocycles. The van der Waals surface area contributed by atoms with Gasteiger partial charge in [-0.1, -0.05) is 55.2 Å². The van der Waals surface area contributed by atoms with Crippen LogP contribution in [0.1, 0.15) is 29.8 Å². The minimum Gasteiger partial charge on any atom is -0.340 e. The lowest BCUT2D eigenvalue weighted by molar-refractivity contribution is -0.384. The van der Waals surface area contributed by atoms with Crippen LogP contribution in [0.4, 0.5) is 5.69 Å². The lowest BCUT2D eigenvalue weighted by Gasteiger charge is -2.27. The van der Waals surface area contributed by atoms with E-state index in [1.165, 1.54) is 17.0 Å². The van der Waals surface area contributed by atoms with Gasteiger partial charge in [0.2, 0.25) is 5.91 Å². The van der Waals surface area contributed by atoms with E-state index in [-0.39, 0.29) is 34.6 Å². The van der Waals surface area contributed by atoms with E-state index in [2.05, 4.69) is 5.32 Å². The topological polar surface area (TPSA) is 92.5 Å². The Bertz CT molecular complexity index is 934. The number of carbonyl (C=O) groups excluding carboxylic acids is 2. The first-order valence-electron chi connectivity index (χ1n) is 8.85. The summed E-state index contributed by atoms with van der Waals surface area (Å²) in [6.07, 6.45) is 0. The van der Waals surface area contributed by atoms with Crippen molar-refractivity contribution in [3.63, 3.8) is 0 Å². The third-order valence-corrected chi connectivity index (χ3v) is 5.05. The van der Waals surface area contributed by atoms with Crippen LogP contribution in [0.2, 0.25) is 10.0 Å². The van der Waals surface area contributed by atoms with Gasteiger partial charge >= 0.3 is 0 Å². The highest BCUT2D eigenvalue weighted by molar-refractivity contribution is 6.34. The van der Waals surface area contributed by atoms with E-state index in [4.69, 9.17) is 23.2 Å². The molecule has 0 bridgehead atoms. The van der Waals surface area contributed by atoms with Gasteiger partial charge in [-0.3, -0.25) is 19.7 Å². The smallest absolute Gasteiger partial charge is 0.270 e. The molecule has 0 saturated heterocycles. The average Bonchev–Trinajstić information content (AvgIpc) is 2.66. The molecule has 2 amide bonds. The summed E-state index contributed by atoms with van der Waals surface area (Å²) in [5.41, 5.74) is 0.629. The maximum Gasteiger partial charge on any atom is 0.270 e. The summed E-state index contributed by atoms with van der Waals surface area (Å²) >= 11 is 12.2. The Morgan fingerprint density at radius 2 is 1.79 bits per heavy atom. The number of nitrogens with one attached hydrogen (secondary N) is 1. The maximum atomic E-state index is 12.9. The molecule has 7 nitrogen and oxygen atoms in total. The third-order valence-electron chi connectivity index (χ3n) is 4.37. The van der Waals surface area contributed by atoms with Crippen LogP contribution in [0.25, 0.3) is 0 Å². The van der Waals surface area contributed by atoms with Gasteiger partial charge in [0, 0.05) is 30.7 Å². The molecule has 0 saturated carbocycles. The molecule has 2 aromatic carbocycles. The van der Waals surface area contributed by atoms with Crippen LogP contribution in [0.3, 0.4) is 0 Å². The number of hydrogen-bond donors (Lipinski definition) is 1. The zero-order valence-electron chi connectivity index (χ0n) is 16.2. The molecule has 9 heteroatoms. The molecule has 0 aliphatic carbocycles. The standard InChI is InChI=1S/C20H21Cl2N3O4/c1-12(2)18(20(27)24(3)11-13-6-4-5-7-16(13)21)23-19(26)15-9-8-14(25(28)29)10-17(15)22/h4-10,12,18H,11H2,1-3H3,(H,23,26)/t18-/m0/s1. The zero-order valence-corrected chi connectivity index (χ0v) is 17.7. The molecule has 29 heavy (non-hydrogen) atoms. The highest BCUT2D eigenvalue weighted by Crippen LogP contribution is 2.23. The van der Waals surface area contributed by atoms with Gasteiger partial charge in [-0.15, -0.1) is 0 Å². The Morgan fingerprint density at radius 1 is 1.14 bits per heavy atom. The highest BCUT2D eigenvalue weighted by Gasteiger charge is 2.28. The molecular formula is C20H21Cl2N3O4. The quantitative estimate of drug-likeness (QED) is 0.515. The van der Waals surface area contributed by atoms with E-state index in [0.717, 1.165) is 11.6 Å². The average molecular weight is 438 g/mol. The van der Waals surface area contributed by atoms with E-state index in [0.29, 0.717) is 5.02 Å². The summed E-state index contributed by atoms with van der Waals surface area (Å²) < 4.78 is 0. The van der Waals surface area contributed by atoms with Crippen LogP contribution < -0.4 is 5.32 Å². The molecule has 2 aromatic rings. The number of halogens is 2. The van der Waals surface area contributed by atoms with Gasteiger partial charge in [0.1, 0.15) is 6.04 Å². The normalized spacial score (nSPS) is 11.8. The number of carbonyl (C=O) groups is 2. The van der Waals surface area contributed by atoms with Gasteiger partial charge in [0.25, 0.3) is 11.6 Å². The Kier molecular flexibility index (Phi) is 7.59. The molecule has 1 N–H and O–H groups in total. The Morgan fingerprint density at radius 3 is 2.34 bits per heavy atom. The Hall–Kier alpha value is -2.64. The summed E-state index contributed by atoms with van der Waals surface area (Å²) in [5, 5.41) is 14.0. The fourth-order valence-corrected chi connectivity index (χ4v) is 3.19. The number of rotatable bonds is 7. The fraction of sp³-hybridized carbons (Fsp3) is 0.300. The third kappa shape index (κ3) is 5.68. The first-order valence-corrected chi connectivity index (χ1v) is 9.60. The van der Waals surface area contributed by atoms with Gasteiger partial charge in [0.05, 0.1) is 15.5 Å². The van der Waals surface area contributed by atoms with Crippen molar-refractivity contribution in [3.8, 4) is 0 Å². The highest BCUT2D eigenvalue weighted by atomic mass is 35.5. The number of hydrogen-bond acceptors (Lipinski definition) is 4. The molecule has 154 valence electrons. The van der Waals surface area contributed by atoms with Gasteiger partial charge in [-0.05, 0) is 23.6 Å². The van der Waals surface area contributed by atoms with Crippen molar-refractivity contribution >= 4 is 40.7 Å². The second-order valence-corrected chi connectivity index (χ2v) is 7.72. The molecule has 0 aliphatic rings. The maximum absolute atomic E-state index is 12.9. The van der Waals surface area contributed by atoms with Crippen molar-refractivity contribution < 1.29 is 14.5 Å². The van der Waals surface area contributed by atoms with Gasteiger partial charge in [-0.2, -0.15) is 0 Å². The minimum atomic E-state index is -0.804. The predicted octanol–water partition coefficient (Wildman–Crippen LogP) is 4.31. The number of nitro benzene ring substituents is 1. The first-order chi connectivity index (χ1) is 13.6. The van der Waals surface area contributed by atoms with Crippen molar-refractivity contribution in [2.75, 3.05) is 7.05 Å². The molecular weight excluding hydrogens is 417 g/mol. The van der Waals surface area contributed by atoms with Crippen molar-refractivity contribution in [2.24, 2.45) is 5.92 Å². The van der Waals surface area contributed by atoms with E-state index in [9.17, 15) is 19.7 Å². The zero-order chi connectivity index (χ0) is 21.7. The summed E-state index contributed by atoms with van der Waals surface area (Å²) in [4.78, 5) is 37.3. The molecule has 0 fully saturated rings. The summed E-state index contributed by atoms with van der Waals surface area (Å²) in [7, 11) is 1.63. The second-order valence-electron chi connectivity index (χ2n) is 6.90. The molecule has 0 spiro atoms. The van der Waals surface area contributed by atoms with Crippen LogP contribution in [0, 0.1) is 16.0 Å². The number of nitro groups is 1. The van der Waals surface area contributed by atoms with Crippen LogP contribution in [-0.2, 0) is 11.3 Å². The minimum absolute atomic E-state index is 0.0592. The van der Waals surface area contributed by atoms with E-state index in [1.54, 1.807) is 19.2 Å². The SMILES string of the molecule is CC(C)[C@H](NC(=O)c1ccc([N+](=O)[O-])cc1Cl)C(=O)N(C)Cc1ccccc1Cl. The van der Waals surface area contributed by atoms with Gasteiger partial charge in [-0.25, -0.2) is 0 Å². The summed E-state index contributed by atoms with van der Waals surface area (Å²) in [6.45, 7) is 3.91. The monoisotopic (exact) mass is 437 g/mol. The molecule has 0 unspecified atom stereocenters. The van der Waals surface area contributed by atoms with Gasteiger partial charge in [0.15, 0.2) is 0 Å². The second kappa shape index (κ2) is 9.71. The Labute approximate surface area is 178 Å². The predicted molar refractivity (Wildman–Crippen MR) is 112 cm³/mol. The van der Waals surface area contributed by atoms with Crippen LogP contribution in [0.5, 0.6) is 0 Å². The lowest BCUT2D eigenvalue weighted by atomic mass is 10.0. The largest absolute Gasteiger partial charge is 0.340 e. The van der Waals surface area contributed by atoms with E-state index >= 15 is 0 Å². The van der Waals surface area contributed by atoms with Crippen LogP contribution >= 0.6 is 23.2 Å². The summed E-state index contributed by atoms with van der Waals surface area (Å²) in [5.74, 6) is -1.06. The number of amides is 2. The van der Waals surface area contributed by atoms with E-state index < -0.39 is 16.9 Å². The molecule has 2 rings (SSSR count). The van der Waals surface area contributed by atoms with Crippen molar-refractivity contribution in [2.45, 2.75) is 26.4 Å². The number of non-ortho nitro benzene ring substituents is 1. The molecule has 0 radical (unpaired) electrons. The van der Waals surface area contributed by atoms with Crippen LogP contribution in [0.15, 0.2) is 42.5 Å². The summed E-state index contributed by atoms with van der Waals surface area (Å²) in [6, 6.07) is 9.96. The molecule has 0 aromatic heterocycles. The lowest BCUT2D eigenvalue weighted by Crippen LogP contribution is -2.50. The Balaban J connectivity index is 2.16. The first kappa shape index (κ1) is 22.6. The fourth-order valence-electron chi connectivity index (χ4n) is 2.73. The van der Waals surface area contributed by atoms with Crippen molar-refractivity contribution in [1.29, 1.82) is 0 Å².